The van der Waals surface area contributed by atoms with Crippen LogP contribution in [0.3, 0.4) is 0 Å². The summed E-state index contributed by atoms with van der Waals surface area (Å²) in [5.74, 6) is -0.833. The number of carbonyl (C=O) groups excluding carboxylic acids is 3. The number of morpholine rings is 1. The van der Waals surface area contributed by atoms with E-state index in [0.717, 1.165) is 30.4 Å². The molecule has 0 aliphatic carbocycles. The Bertz CT molecular complexity index is 1090. The van der Waals surface area contributed by atoms with E-state index in [9.17, 15) is 14.4 Å². The Morgan fingerprint density at radius 3 is 2.11 bits per heavy atom. The highest BCUT2D eigenvalue weighted by molar-refractivity contribution is 6.03. The molecule has 1 saturated heterocycles. The summed E-state index contributed by atoms with van der Waals surface area (Å²) in [7, 11) is 3.81. The molecule has 1 aliphatic rings. The molecule has 0 spiro atoms. The smallest absolute Gasteiger partial charge is 0.338 e. The average molecular weight is 523 g/mol. The van der Waals surface area contributed by atoms with Crippen molar-refractivity contribution >= 4 is 23.4 Å². The lowest BCUT2D eigenvalue weighted by Crippen LogP contribution is -2.50. The number of anilines is 1. The number of ketones is 1. The minimum absolute atomic E-state index is 0.0401. The summed E-state index contributed by atoms with van der Waals surface area (Å²) in [5.41, 5.74) is 2.38. The molecular weight excluding hydrogens is 484 g/mol. The predicted octanol–water partition coefficient (Wildman–Crippen LogP) is 3.94. The monoisotopic (exact) mass is 522 g/mol. The van der Waals surface area contributed by atoms with Crippen LogP contribution in [-0.2, 0) is 25.4 Å². The summed E-state index contributed by atoms with van der Waals surface area (Å²) in [6.45, 7) is 8.91. The highest BCUT2D eigenvalue weighted by atomic mass is 16.5. The molecule has 0 aromatic heterocycles. The summed E-state index contributed by atoms with van der Waals surface area (Å²) in [6.07, 6.45) is 2.79. The molecule has 204 valence electrons. The van der Waals surface area contributed by atoms with Gasteiger partial charge in [0.25, 0.3) is 0 Å². The molecule has 0 saturated carbocycles. The maximum Gasteiger partial charge on any atom is 0.338 e. The fourth-order valence-electron chi connectivity index (χ4n) is 4.24. The molecule has 0 bridgehead atoms. The molecule has 1 unspecified atom stereocenters. The Morgan fingerprint density at radius 2 is 1.53 bits per heavy atom. The Hall–Kier alpha value is -3.49. The number of esters is 2. The number of nitrogens with zero attached hydrogens (tertiary/aromatic N) is 2. The van der Waals surface area contributed by atoms with Crippen LogP contribution in [0.5, 0.6) is 0 Å². The summed E-state index contributed by atoms with van der Waals surface area (Å²) in [6, 6.07) is 15.0. The van der Waals surface area contributed by atoms with Crippen LogP contribution >= 0.6 is 0 Å². The van der Waals surface area contributed by atoms with Crippen LogP contribution in [0.2, 0.25) is 0 Å². The lowest BCUT2D eigenvalue weighted by atomic mass is 9.84. The predicted molar refractivity (Wildman–Crippen MR) is 147 cm³/mol. The van der Waals surface area contributed by atoms with Crippen molar-refractivity contribution in [1.82, 2.24) is 4.90 Å². The Morgan fingerprint density at radius 1 is 0.947 bits per heavy atom. The van der Waals surface area contributed by atoms with E-state index in [0.29, 0.717) is 43.6 Å². The molecule has 1 heterocycles. The number of hydrogen-bond acceptors (Lipinski definition) is 8. The van der Waals surface area contributed by atoms with Crippen LogP contribution in [0, 0.1) is 0 Å². The first-order chi connectivity index (χ1) is 18.2. The molecule has 0 radical (unpaired) electrons. The molecule has 0 amide bonds. The van der Waals surface area contributed by atoms with Gasteiger partial charge >= 0.3 is 11.9 Å². The first-order valence-corrected chi connectivity index (χ1v) is 12.9. The van der Waals surface area contributed by atoms with Crippen molar-refractivity contribution in [2.75, 3.05) is 58.5 Å². The fraction of sp³-hybridized carbons (Fsp3) is 0.433. The minimum Gasteiger partial charge on any atom is -0.463 e. The third-order valence-corrected chi connectivity index (χ3v) is 6.90. The second-order valence-corrected chi connectivity index (χ2v) is 9.73. The number of Topliss-reactive ketones (excluding diaryl/α,β-unsaturated/α-hetero) is 1. The van der Waals surface area contributed by atoms with Gasteiger partial charge in [0.1, 0.15) is 0 Å². The molecule has 1 aliphatic heterocycles. The SMILES string of the molecule is C=CC(=O)OCCCCOC(=O)c1ccc(CC(C)(C(=O)c2ccc(N3CCOCC3)cc2)N(C)C)cc1. The maximum atomic E-state index is 13.6. The zero-order chi connectivity index (χ0) is 27.5. The second-order valence-electron chi connectivity index (χ2n) is 9.73. The van der Waals surface area contributed by atoms with E-state index < -0.39 is 17.5 Å². The van der Waals surface area contributed by atoms with Crippen LogP contribution < -0.4 is 4.90 Å². The number of hydrogen-bond donors (Lipinski definition) is 0. The van der Waals surface area contributed by atoms with Crippen LogP contribution in [0.1, 0.15) is 46.0 Å². The molecule has 38 heavy (non-hydrogen) atoms. The largest absolute Gasteiger partial charge is 0.463 e. The number of benzene rings is 2. The molecule has 2 aromatic rings. The van der Waals surface area contributed by atoms with E-state index in [4.69, 9.17) is 14.2 Å². The number of unbranched alkanes of at least 4 members (excludes halogenated alkanes) is 1. The Kier molecular flexibility index (Phi) is 10.6. The van der Waals surface area contributed by atoms with Gasteiger partial charge in [-0.1, -0.05) is 18.7 Å². The van der Waals surface area contributed by atoms with Gasteiger partial charge in [0.2, 0.25) is 0 Å². The van der Waals surface area contributed by atoms with Gasteiger partial charge in [-0.25, -0.2) is 9.59 Å². The van der Waals surface area contributed by atoms with Gasteiger partial charge in [-0.05, 0) is 82.2 Å². The fourth-order valence-corrected chi connectivity index (χ4v) is 4.24. The van der Waals surface area contributed by atoms with Crippen molar-refractivity contribution < 1.29 is 28.6 Å². The van der Waals surface area contributed by atoms with Crippen LogP contribution in [-0.4, -0.2) is 81.8 Å². The van der Waals surface area contributed by atoms with Crippen LogP contribution in [0.15, 0.2) is 61.2 Å². The van der Waals surface area contributed by atoms with Crippen molar-refractivity contribution in [2.24, 2.45) is 0 Å². The summed E-state index contributed by atoms with van der Waals surface area (Å²) in [5, 5.41) is 0. The molecule has 8 heteroatoms. The quantitative estimate of drug-likeness (QED) is 0.169. The lowest BCUT2D eigenvalue weighted by Gasteiger charge is -2.35. The first-order valence-electron chi connectivity index (χ1n) is 12.9. The molecular formula is C30H38N2O6. The number of rotatable bonds is 13. The van der Waals surface area contributed by atoms with Crippen LogP contribution in [0.25, 0.3) is 0 Å². The zero-order valence-corrected chi connectivity index (χ0v) is 22.6. The number of ether oxygens (including phenoxy) is 3. The summed E-state index contributed by atoms with van der Waals surface area (Å²) in [4.78, 5) is 41.2. The lowest BCUT2D eigenvalue weighted by molar-refractivity contribution is -0.137. The van der Waals surface area contributed by atoms with Crippen molar-refractivity contribution in [1.29, 1.82) is 0 Å². The van der Waals surface area contributed by atoms with Gasteiger partial charge in [-0.3, -0.25) is 9.69 Å². The van der Waals surface area contributed by atoms with E-state index >= 15 is 0 Å². The normalized spacial score (nSPS) is 15.0. The van der Waals surface area contributed by atoms with E-state index in [1.54, 1.807) is 12.1 Å². The third-order valence-electron chi connectivity index (χ3n) is 6.90. The maximum absolute atomic E-state index is 13.6. The number of carbonyl (C=O) groups is 3. The standard InChI is InChI=1S/C30H38N2O6/c1-5-27(33)37-18-6-7-19-38-29(35)25-10-8-23(9-11-25)22-30(2,31(3)4)28(34)24-12-14-26(15-13-24)32-16-20-36-21-17-32/h5,8-15H,1,6-7,16-22H2,2-4H3. The highest BCUT2D eigenvalue weighted by Crippen LogP contribution is 2.26. The third kappa shape index (κ3) is 7.76. The minimum atomic E-state index is -0.766. The van der Waals surface area contributed by atoms with E-state index in [2.05, 4.69) is 11.5 Å². The van der Waals surface area contributed by atoms with Crippen LogP contribution in [0.4, 0.5) is 5.69 Å². The molecule has 1 fully saturated rings. The van der Waals surface area contributed by atoms with Gasteiger partial charge in [0.05, 0.1) is 37.5 Å². The van der Waals surface area contributed by atoms with Crippen molar-refractivity contribution in [3.63, 3.8) is 0 Å². The Labute approximate surface area is 225 Å². The molecule has 2 aromatic carbocycles. The van der Waals surface area contributed by atoms with E-state index in [-0.39, 0.29) is 19.0 Å². The first kappa shape index (κ1) is 29.1. The highest BCUT2D eigenvalue weighted by Gasteiger charge is 2.36. The molecule has 8 nitrogen and oxygen atoms in total. The van der Waals surface area contributed by atoms with Crippen molar-refractivity contribution in [3.8, 4) is 0 Å². The topological polar surface area (TPSA) is 85.4 Å². The number of likely N-dealkylation sites (N-methyl/N-ethyl adjacent to an activating group) is 1. The van der Waals surface area contributed by atoms with Crippen molar-refractivity contribution in [2.45, 2.75) is 31.7 Å². The average Bonchev–Trinajstić information content (AvgIpc) is 2.95. The van der Waals surface area contributed by atoms with Crippen molar-refractivity contribution in [3.05, 3.63) is 77.9 Å². The second kappa shape index (κ2) is 13.9. The Balaban J connectivity index is 1.57. The van der Waals surface area contributed by atoms with Gasteiger partial charge in [-0.2, -0.15) is 0 Å². The summed E-state index contributed by atoms with van der Waals surface area (Å²) < 4.78 is 15.6. The van der Waals surface area contributed by atoms with Gasteiger partial charge in [-0.15, -0.1) is 0 Å². The van der Waals surface area contributed by atoms with E-state index in [1.807, 2.05) is 62.3 Å². The molecule has 3 rings (SSSR count). The molecule has 1 atom stereocenters. The summed E-state index contributed by atoms with van der Waals surface area (Å²) >= 11 is 0. The molecule has 0 N–H and O–H groups in total. The van der Waals surface area contributed by atoms with Gasteiger partial charge < -0.3 is 19.1 Å². The zero-order valence-electron chi connectivity index (χ0n) is 22.6. The van der Waals surface area contributed by atoms with Gasteiger partial charge in [0.15, 0.2) is 5.78 Å². The van der Waals surface area contributed by atoms with E-state index in [1.165, 1.54) is 0 Å². The van der Waals surface area contributed by atoms with Gasteiger partial charge in [0, 0.05) is 30.4 Å².